The van der Waals surface area contributed by atoms with Crippen LogP contribution in [0.4, 0.5) is 17.6 Å². The first-order chi connectivity index (χ1) is 12.5. The van der Waals surface area contributed by atoms with E-state index in [9.17, 15) is 21.8 Å². The Bertz CT molecular complexity index is 832. The Morgan fingerprint density at radius 1 is 1.19 bits per heavy atom. The second-order valence-corrected chi connectivity index (χ2v) is 8.75. The molecule has 0 radical (unpaired) electrons. The molecule has 11 heteroatoms. The Morgan fingerprint density at radius 3 is 2.30 bits per heavy atom. The van der Waals surface area contributed by atoms with Gasteiger partial charge in [-0.3, -0.25) is 0 Å². The molecule has 1 N–H and O–H groups in total. The molecule has 0 amide bonds. The largest absolute Gasteiger partial charge is 0.401 e. The summed E-state index contributed by atoms with van der Waals surface area (Å²) in [6, 6.07) is 0.438. The van der Waals surface area contributed by atoms with Crippen LogP contribution in [0.5, 0.6) is 6.01 Å². The third-order valence-electron chi connectivity index (χ3n) is 3.33. The van der Waals surface area contributed by atoms with E-state index in [1.807, 2.05) is 0 Å². The molecule has 2 atom stereocenters. The van der Waals surface area contributed by atoms with Crippen LogP contribution in [0.15, 0.2) is 24.5 Å². The lowest BCUT2D eigenvalue weighted by Gasteiger charge is -2.25. The van der Waals surface area contributed by atoms with Crippen LogP contribution in [0.3, 0.4) is 0 Å². The molecule has 27 heavy (non-hydrogen) atoms. The number of nitrogens with one attached hydrogen (secondary N) is 1. The fourth-order valence-corrected chi connectivity index (χ4v) is 2.98. The van der Waals surface area contributed by atoms with Crippen LogP contribution < -0.4 is 9.46 Å². The molecule has 0 saturated carbocycles. The van der Waals surface area contributed by atoms with E-state index in [0.29, 0.717) is 0 Å². The molecular weight excluding hydrogens is 410 g/mol. The van der Waals surface area contributed by atoms with Crippen LogP contribution in [-0.4, -0.2) is 25.5 Å². The van der Waals surface area contributed by atoms with Gasteiger partial charge in [-0.25, -0.2) is 27.7 Å². The highest BCUT2D eigenvalue weighted by Crippen LogP contribution is 2.31. The first kappa shape index (κ1) is 21.5. The van der Waals surface area contributed by atoms with Crippen molar-refractivity contribution in [3.05, 3.63) is 52.3 Å². The normalized spacial score (nSPS) is 14.3. The summed E-state index contributed by atoms with van der Waals surface area (Å²) < 4.78 is 71.0. The minimum absolute atomic E-state index is 0.106. The van der Waals surface area contributed by atoms with Gasteiger partial charge >= 0.3 is 12.6 Å². The van der Waals surface area contributed by atoms with Gasteiger partial charge in [0.05, 0.1) is 21.8 Å². The number of nitrogens with zero attached hydrogens (tertiary/aromatic N) is 2. The maximum absolute atomic E-state index is 14.5. The molecule has 0 fully saturated rings. The molecule has 2 aromatic rings. The van der Waals surface area contributed by atoms with E-state index >= 15 is 0 Å². The summed E-state index contributed by atoms with van der Waals surface area (Å²) in [7, 11) is -1.66. The van der Waals surface area contributed by atoms with Crippen molar-refractivity contribution in [3.63, 3.8) is 0 Å². The lowest BCUT2D eigenvalue weighted by Crippen LogP contribution is -2.36. The average molecular weight is 426 g/mol. The Labute approximate surface area is 160 Å². The van der Waals surface area contributed by atoms with E-state index in [1.165, 1.54) is 0 Å². The topological polar surface area (TPSA) is 64.1 Å². The lowest BCUT2D eigenvalue weighted by molar-refractivity contribution is -0.0561. The Hall–Kier alpha value is -1.78. The van der Waals surface area contributed by atoms with Gasteiger partial charge in [-0.1, -0.05) is 17.7 Å². The number of hydrogen-bond donors (Lipinski definition) is 1. The number of alkyl halides is 2. The number of rotatable bonds is 6. The summed E-state index contributed by atoms with van der Waals surface area (Å²) in [6.07, 6.45) is 2.22. The van der Waals surface area contributed by atoms with Crippen LogP contribution in [0.25, 0.3) is 0 Å². The smallest absolute Gasteiger partial charge is 0.389 e. The van der Waals surface area contributed by atoms with Gasteiger partial charge in [0.2, 0.25) is 0 Å². The summed E-state index contributed by atoms with van der Waals surface area (Å²) in [5.74, 6) is -2.00. The van der Waals surface area contributed by atoms with Crippen molar-refractivity contribution >= 4 is 22.6 Å². The van der Waals surface area contributed by atoms with Gasteiger partial charge in [-0.05, 0) is 26.8 Å². The molecule has 0 saturated heterocycles. The fraction of sp³-hybridized carbons (Fsp3) is 0.375. The zero-order chi connectivity index (χ0) is 20.4. The van der Waals surface area contributed by atoms with Crippen LogP contribution in [0, 0.1) is 11.6 Å². The Balaban J connectivity index is 2.47. The zero-order valence-corrected chi connectivity index (χ0v) is 16.0. The average Bonchev–Trinajstić information content (AvgIpc) is 2.57. The minimum atomic E-state index is -3.11. The summed E-state index contributed by atoms with van der Waals surface area (Å²) in [5.41, 5.74) is 0.0842. The summed E-state index contributed by atoms with van der Waals surface area (Å²) in [6.45, 7) is 1.97. The monoisotopic (exact) mass is 425 g/mol. The van der Waals surface area contributed by atoms with E-state index in [1.54, 1.807) is 20.8 Å². The SMILES string of the molecule is CC(C)(C)S(=O)NC(c1cnc(OC(F)F)nc1)c1ccc(F)c(Cl)c1F. The molecule has 2 unspecified atom stereocenters. The standard InChI is InChI=1S/C16H16ClF4N3O2S/c1-16(2,3)27(25)24-13(9-4-5-10(18)11(17)12(9)19)8-6-22-15(23-7-8)26-14(20)21/h4-7,13-14,24H,1-3H3. The highest BCUT2D eigenvalue weighted by Gasteiger charge is 2.28. The molecule has 5 nitrogen and oxygen atoms in total. The van der Waals surface area contributed by atoms with Crippen molar-refractivity contribution in [3.8, 4) is 6.01 Å². The number of aromatic nitrogens is 2. The van der Waals surface area contributed by atoms with Crippen molar-refractivity contribution in [2.45, 2.75) is 38.2 Å². The molecule has 1 heterocycles. The van der Waals surface area contributed by atoms with Crippen LogP contribution in [0.2, 0.25) is 5.02 Å². The number of hydrogen-bond acceptors (Lipinski definition) is 4. The van der Waals surface area contributed by atoms with Crippen molar-refractivity contribution in [1.29, 1.82) is 0 Å². The number of benzene rings is 1. The van der Waals surface area contributed by atoms with Crippen LogP contribution in [0.1, 0.15) is 37.9 Å². The predicted octanol–water partition coefficient (Wildman–Crippen LogP) is 4.15. The van der Waals surface area contributed by atoms with Gasteiger partial charge < -0.3 is 4.74 Å². The second kappa shape index (κ2) is 8.49. The molecule has 0 aliphatic carbocycles. The van der Waals surface area contributed by atoms with Gasteiger partial charge in [0.15, 0.2) is 0 Å². The first-order valence-electron chi connectivity index (χ1n) is 7.59. The molecule has 0 aliphatic heterocycles. The van der Waals surface area contributed by atoms with Gasteiger partial charge in [0, 0.05) is 23.5 Å². The van der Waals surface area contributed by atoms with Crippen molar-refractivity contribution < 1.29 is 26.5 Å². The van der Waals surface area contributed by atoms with E-state index in [4.69, 9.17) is 11.6 Å². The molecule has 0 spiro atoms. The summed E-state index contributed by atoms with van der Waals surface area (Å²) in [5, 5.41) is -0.723. The van der Waals surface area contributed by atoms with E-state index in [0.717, 1.165) is 24.5 Å². The Kier molecular flexibility index (Phi) is 6.77. The van der Waals surface area contributed by atoms with Gasteiger partial charge in [-0.2, -0.15) is 8.78 Å². The van der Waals surface area contributed by atoms with Crippen molar-refractivity contribution in [1.82, 2.24) is 14.7 Å². The van der Waals surface area contributed by atoms with Crippen LogP contribution in [-0.2, 0) is 11.0 Å². The molecule has 1 aromatic heterocycles. The number of ether oxygens (including phenoxy) is 1. The summed E-state index contributed by atoms with van der Waals surface area (Å²) >= 11 is 5.64. The molecule has 2 rings (SSSR count). The molecule has 0 bridgehead atoms. The maximum Gasteiger partial charge on any atom is 0.389 e. The minimum Gasteiger partial charge on any atom is -0.401 e. The molecule has 148 valence electrons. The van der Waals surface area contributed by atoms with Gasteiger partial charge in [-0.15, -0.1) is 0 Å². The lowest BCUT2D eigenvalue weighted by atomic mass is 10.0. The van der Waals surface area contributed by atoms with Gasteiger partial charge in [0.25, 0.3) is 0 Å². The highest BCUT2D eigenvalue weighted by atomic mass is 35.5. The zero-order valence-electron chi connectivity index (χ0n) is 14.5. The molecular formula is C16H16ClF4N3O2S. The van der Waals surface area contributed by atoms with E-state index in [-0.39, 0.29) is 11.1 Å². The van der Waals surface area contributed by atoms with Crippen LogP contribution >= 0.6 is 11.6 Å². The third kappa shape index (κ3) is 5.36. The second-order valence-electron chi connectivity index (χ2n) is 6.37. The van der Waals surface area contributed by atoms with E-state index < -0.39 is 51.1 Å². The Morgan fingerprint density at radius 2 is 1.78 bits per heavy atom. The molecule has 0 aliphatic rings. The quantitative estimate of drug-likeness (QED) is 0.558. The van der Waals surface area contributed by atoms with Crippen molar-refractivity contribution in [2.75, 3.05) is 0 Å². The van der Waals surface area contributed by atoms with E-state index in [2.05, 4.69) is 19.4 Å². The van der Waals surface area contributed by atoms with Gasteiger partial charge in [0.1, 0.15) is 16.7 Å². The maximum atomic E-state index is 14.5. The third-order valence-corrected chi connectivity index (χ3v) is 5.24. The highest BCUT2D eigenvalue weighted by molar-refractivity contribution is 7.84. The first-order valence-corrected chi connectivity index (χ1v) is 9.11. The number of halogens is 5. The summed E-state index contributed by atoms with van der Waals surface area (Å²) in [4.78, 5) is 7.25. The molecule has 1 aromatic carbocycles. The fourth-order valence-electron chi connectivity index (χ4n) is 1.97. The predicted molar refractivity (Wildman–Crippen MR) is 92.9 cm³/mol. The van der Waals surface area contributed by atoms with Crippen molar-refractivity contribution in [2.24, 2.45) is 0 Å².